The molecule has 36 heavy (non-hydrogen) atoms. The highest BCUT2D eigenvalue weighted by Gasteiger charge is 2.53. The van der Waals surface area contributed by atoms with E-state index in [1.165, 1.54) is 12.1 Å². The molecule has 2 N–H and O–H groups in total. The SMILES string of the molecule is COc1ccc(OC)c([C@H]2N[C@H](c3cc(OC)ccc3OC)[C@@H](C)C(O)(c3ccc(F)cc3)[C@@H]2C)c1. The average Bonchev–Trinajstić information content (AvgIpc) is 2.91. The van der Waals surface area contributed by atoms with Crippen LogP contribution in [0.1, 0.15) is 42.6 Å². The van der Waals surface area contributed by atoms with Gasteiger partial charge in [-0.3, -0.25) is 0 Å². The number of aliphatic hydroxyl groups is 1. The summed E-state index contributed by atoms with van der Waals surface area (Å²) >= 11 is 0. The first-order valence-corrected chi connectivity index (χ1v) is 12.0. The zero-order chi connectivity index (χ0) is 26.0. The minimum atomic E-state index is -1.32. The average molecular weight is 496 g/mol. The van der Waals surface area contributed by atoms with Gasteiger partial charge in [-0.25, -0.2) is 4.39 Å². The van der Waals surface area contributed by atoms with E-state index in [2.05, 4.69) is 5.32 Å². The molecule has 0 amide bonds. The van der Waals surface area contributed by atoms with Gasteiger partial charge in [0.1, 0.15) is 28.8 Å². The summed E-state index contributed by atoms with van der Waals surface area (Å²) in [5, 5.41) is 16.3. The maximum atomic E-state index is 13.9. The minimum Gasteiger partial charge on any atom is -0.497 e. The largest absolute Gasteiger partial charge is 0.497 e. The van der Waals surface area contributed by atoms with Crippen LogP contribution in [0.25, 0.3) is 0 Å². The summed E-state index contributed by atoms with van der Waals surface area (Å²) in [6.07, 6.45) is 0. The lowest BCUT2D eigenvalue weighted by Gasteiger charge is -2.52. The Morgan fingerprint density at radius 3 is 1.53 bits per heavy atom. The molecule has 192 valence electrons. The van der Waals surface area contributed by atoms with Crippen molar-refractivity contribution in [3.05, 3.63) is 83.2 Å². The number of nitrogens with one attached hydrogen (secondary N) is 1. The minimum absolute atomic E-state index is 0.327. The Kier molecular flexibility index (Phi) is 7.43. The van der Waals surface area contributed by atoms with Crippen molar-refractivity contribution in [2.24, 2.45) is 11.8 Å². The first-order chi connectivity index (χ1) is 17.3. The molecular formula is C29H34FNO5. The quantitative estimate of drug-likeness (QED) is 0.457. The number of piperidine rings is 1. The molecule has 1 fully saturated rings. The van der Waals surface area contributed by atoms with Crippen LogP contribution in [0.15, 0.2) is 60.7 Å². The lowest BCUT2D eigenvalue weighted by Crippen LogP contribution is -2.55. The van der Waals surface area contributed by atoms with Gasteiger partial charge in [-0.15, -0.1) is 0 Å². The lowest BCUT2D eigenvalue weighted by molar-refractivity contribution is -0.118. The van der Waals surface area contributed by atoms with E-state index in [1.54, 1.807) is 40.6 Å². The Bertz CT molecular complexity index is 1130. The van der Waals surface area contributed by atoms with Gasteiger partial charge in [0.25, 0.3) is 0 Å². The molecule has 0 spiro atoms. The summed E-state index contributed by atoms with van der Waals surface area (Å²) < 4.78 is 36.3. The number of benzene rings is 3. The summed E-state index contributed by atoms with van der Waals surface area (Å²) in [6.45, 7) is 3.99. The van der Waals surface area contributed by atoms with Gasteiger partial charge in [0.15, 0.2) is 0 Å². The van der Waals surface area contributed by atoms with Crippen molar-refractivity contribution < 1.29 is 28.4 Å². The molecule has 0 saturated carbocycles. The molecule has 1 saturated heterocycles. The molecule has 0 bridgehead atoms. The summed E-state index contributed by atoms with van der Waals surface area (Å²) in [5.74, 6) is 1.70. The topological polar surface area (TPSA) is 69.2 Å². The van der Waals surface area contributed by atoms with Crippen molar-refractivity contribution in [2.75, 3.05) is 28.4 Å². The van der Waals surface area contributed by atoms with Crippen molar-refractivity contribution in [3.63, 3.8) is 0 Å². The van der Waals surface area contributed by atoms with Gasteiger partial charge in [-0.2, -0.15) is 0 Å². The zero-order valence-electron chi connectivity index (χ0n) is 21.5. The molecule has 0 aromatic heterocycles. The number of hydrogen-bond acceptors (Lipinski definition) is 6. The van der Waals surface area contributed by atoms with E-state index in [4.69, 9.17) is 18.9 Å². The normalized spacial score (nSPS) is 25.8. The standard InChI is InChI=1S/C29H34FNO5/c1-17-27(23-15-21(33-3)11-13-25(23)35-5)31-28(24-16-22(34-4)12-14-26(24)36-6)18(2)29(17,32)19-7-9-20(30)10-8-19/h7-18,27-28,31-32H,1-6H3/t17-,18-,27+,28+/m1/s1. The molecule has 1 aliphatic rings. The Hall–Kier alpha value is -3.29. The first-order valence-electron chi connectivity index (χ1n) is 12.0. The maximum absolute atomic E-state index is 13.9. The van der Waals surface area contributed by atoms with Crippen LogP contribution in [-0.4, -0.2) is 33.5 Å². The van der Waals surface area contributed by atoms with E-state index >= 15 is 0 Å². The third kappa shape index (κ3) is 4.38. The molecule has 4 atom stereocenters. The van der Waals surface area contributed by atoms with Gasteiger partial charge in [0.2, 0.25) is 0 Å². The van der Waals surface area contributed by atoms with E-state index in [0.29, 0.717) is 28.6 Å². The fourth-order valence-corrected chi connectivity index (χ4v) is 5.53. The lowest BCUT2D eigenvalue weighted by atomic mass is 9.63. The Labute approximate surface area is 212 Å². The van der Waals surface area contributed by atoms with Crippen molar-refractivity contribution in [3.8, 4) is 23.0 Å². The molecule has 0 radical (unpaired) electrons. The fourth-order valence-electron chi connectivity index (χ4n) is 5.53. The predicted octanol–water partition coefficient (Wildman–Crippen LogP) is 5.41. The molecule has 3 aromatic rings. The maximum Gasteiger partial charge on any atom is 0.123 e. The van der Waals surface area contributed by atoms with E-state index in [9.17, 15) is 9.50 Å². The third-order valence-electron chi connectivity index (χ3n) is 7.60. The van der Waals surface area contributed by atoms with E-state index in [-0.39, 0.29) is 29.7 Å². The summed E-state index contributed by atoms with van der Waals surface area (Å²) in [6, 6.07) is 16.7. The van der Waals surface area contributed by atoms with Gasteiger partial charge in [0.05, 0.1) is 34.0 Å². The molecule has 6 nitrogen and oxygen atoms in total. The molecule has 4 rings (SSSR count). The van der Waals surface area contributed by atoms with Crippen LogP contribution in [0.3, 0.4) is 0 Å². The molecule has 1 aliphatic heterocycles. The molecule has 0 unspecified atom stereocenters. The van der Waals surface area contributed by atoms with Crippen LogP contribution in [-0.2, 0) is 5.60 Å². The second-order valence-electron chi connectivity index (χ2n) is 9.25. The van der Waals surface area contributed by atoms with E-state index in [1.807, 2.05) is 50.2 Å². The van der Waals surface area contributed by atoms with Gasteiger partial charge in [0, 0.05) is 35.0 Å². The first kappa shape index (κ1) is 25.8. The van der Waals surface area contributed by atoms with E-state index in [0.717, 1.165) is 11.1 Å². The second-order valence-corrected chi connectivity index (χ2v) is 9.25. The van der Waals surface area contributed by atoms with Crippen molar-refractivity contribution in [2.45, 2.75) is 31.5 Å². The highest BCUT2D eigenvalue weighted by atomic mass is 19.1. The highest BCUT2D eigenvalue weighted by Crippen LogP contribution is 2.54. The van der Waals surface area contributed by atoms with Crippen LogP contribution in [0, 0.1) is 17.7 Å². The number of rotatable bonds is 7. The molecule has 1 heterocycles. The molecule has 3 aromatic carbocycles. The van der Waals surface area contributed by atoms with Crippen LogP contribution >= 0.6 is 0 Å². The van der Waals surface area contributed by atoms with E-state index < -0.39 is 5.60 Å². The van der Waals surface area contributed by atoms with Crippen LogP contribution < -0.4 is 24.3 Å². The Morgan fingerprint density at radius 2 is 1.14 bits per heavy atom. The van der Waals surface area contributed by atoms with Crippen molar-refractivity contribution >= 4 is 0 Å². The third-order valence-corrected chi connectivity index (χ3v) is 7.60. The van der Waals surface area contributed by atoms with Crippen LogP contribution in [0.2, 0.25) is 0 Å². The Morgan fingerprint density at radius 1 is 0.694 bits per heavy atom. The van der Waals surface area contributed by atoms with Crippen molar-refractivity contribution in [1.29, 1.82) is 0 Å². The number of methoxy groups -OCH3 is 4. The number of hydrogen-bond donors (Lipinski definition) is 2. The van der Waals surface area contributed by atoms with Crippen molar-refractivity contribution in [1.82, 2.24) is 5.32 Å². The van der Waals surface area contributed by atoms with Crippen LogP contribution in [0.4, 0.5) is 4.39 Å². The van der Waals surface area contributed by atoms with Gasteiger partial charge in [-0.05, 0) is 54.1 Å². The summed E-state index contributed by atoms with van der Waals surface area (Å²) in [7, 11) is 6.47. The van der Waals surface area contributed by atoms with Crippen LogP contribution in [0.5, 0.6) is 23.0 Å². The smallest absolute Gasteiger partial charge is 0.123 e. The monoisotopic (exact) mass is 495 g/mol. The predicted molar refractivity (Wildman–Crippen MR) is 136 cm³/mol. The molecule has 7 heteroatoms. The fraction of sp³-hybridized carbons (Fsp3) is 0.379. The summed E-state index contributed by atoms with van der Waals surface area (Å²) in [5.41, 5.74) is 1.02. The Balaban J connectivity index is 1.94. The number of halogens is 1. The van der Waals surface area contributed by atoms with Gasteiger partial charge < -0.3 is 29.4 Å². The van der Waals surface area contributed by atoms with Gasteiger partial charge in [-0.1, -0.05) is 26.0 Å². The number of ether oxygens (including phenoxy) is 4. The highest BCUT2D eigenvalue weighted by molar-refractivity contribution is 5.47. The second kappa shape index (κ2) is 10.4. The van der Waals surface area contributed by atoms with Gasteiger partial charge >= 0.3 is 0 Å². The molecular weight excluding hydrogens is 461 g/mol. The summed E-state index contributed by atoms with van der Waals surface area (Å²) in [4.78, 5) is 0. The zero-order valence-corrected chi connectivity index (χ0v) is 21.5. The molecule has 0 aliphatic carbocycles.